The van der Waals surface area contributed by atoms with Gasteiger partial charge in [0, 0.05) is 24.4 Å². The Kier molecular flexibility index (Phi) is 6.19. The SMILES string of the molecule is Cc1cc(C)n(Cc2cccc(CNC(=O)/C=C/c3ccccc3[N+](=O)[O-])c2)n1. The number of nitrogens with zero attached hydrogens (tertiary/aromatic N) is 3. The van der Waals surface area contributed by atoms with Crippen molar-refractivity contribution in [1.29, 1.82) is 0 Å². The van der Waals surface area contributed by atoms with E-state index in [0.717, 1.165) is 22.5 Å². The van der Waals surface area contributed by atoms with Crippen molar-refractivity contribution in [2.45, 2.75) is 26.9 Å². The Morgan fingerprint density at radius 2 is 1.90 bits per heavy atom. The number of hydrogen-bond acceptors (Lipinski definition) is 4. The van der Waals surface area contributed by atoms with Crippen LogP contribution in [0, 0.1) is 24.0 Å². The molecule has 0 bridgehead atoms. The second-order valence-corrected chi connectivity index (χ2v) is 6.77. The van der Waals surface area contributed by atoms with Crippen molar-refractivity contribution < 1.29 is 9.72 Å². The fourth-order valence-corrected chi connectivity index (χ4v) is 3.05. The molecule has 0 fully saturated rings. The summed E-state index contributed by atoms with van der Waals surface area (Å²) in [5.74, 6) is -0.313. The zero-order chi connectivity index (χ0) is 20.8. The molecule has 0 aliphatic rings. The molecule has 1 heterocycles. The van der Waals surface area contributed by atoms with Crippen LogP contribution in [0.4, 0.5) is 5.69 Å². The van der Waals surface area contributed by atoms with Crippen molar-refractivity contribution in [3.8, 4) is 0 Å². The first-order valence-electron chi connectivity index (χ1n) is 9.20. The fraction of sp³-hybridized carbons (Fsp3) is 0.182. The lowest BCUT2D eigenvalue weighted by atomic mass is 10.1. The summed E-state index contributed by atoms with van der Waals surface area (Å²) >= 11 is 0. The third kappa shape index (κ3) is 5.38. The topological polar surface area (TPSA) is 90.1 Å². The van der Waals surface area contributed by atoms with Crippen LogP contribution in [0.2, 0.25) is 0 Å². The van der Waals surface area contributed by atoms with Crippen LogP contribution in [0.15, 0.2) is 60.7 Å². The Hall–Kier alpha value is -3.74. The second kappa shape index (κ2) is 8.97. The van der Waals surface area contributed by atoms with E-state index in [2.05, 4.69) is 10.4 Å². The Morgan fingerprint density at radius 1 is 1.14 bits per heavy atom. The minimum absolute atomic E-state index is 0.0339. The molecule has 3 aromatic rings. The highest BCUT2D eigenvalue weighted by Crippen LogP contribution is 2.18. The van der Waals surface area contributed by atoms with Crippen LogP contribution in [0.5, 0.6) is 0 Å². The smallest absolute Gasteiger partial charge is 0.276 e. The number of carbonyl (C=O) groups is 1. The van der Waals surface area contributed by atoms with Gasteiger partial charge in [-0.15, -0.1) is 0 Å². The van der Waals surface area contributed by atoms with Crippen LogP contribution in [0.25, 0.3) is 6.08 Å². The molecule has 0 saturated heterocycles. The van der Waals surface area contributed by atoms with Crippen LogP contribution < -0.4 is 5.32 Å². The van der Waals surface area contributed by atoms with E-state index >= 15 is 0 Å². The highest BCUT2D eigenvalue weighted by Gasteiger charge is 2.09. The standard InChI is InChI=1S/C22H22N4O3/c1-16-12-17(2)25(24-16)15-19-7-5-6-18(13-19)14-23-22(27)11-10-20-8-3-4-9-21(20)26(28)29/h3-13H,14-15H2,1-2H3,(H,23,27)/b11-10+. The maximum atomic E-state index is 12.1. The minimum Gasteiger partial charge on any atom is -0.348 e. The molecule has 7 nitrogen and oxygen atoms in total. The summed E-state index contributed by atoms with van der Waals surface area (Å²) in [6.45, 7) is 5.02. The second-order valence-electron chi connectivity index (χ2n) is 6.77. The number of rotatable bonds is 7. The predicted molar refractivity (Wildman–Crippen MR) is 111 cm³/mol. The van der Waals surface area contributed by atoms with Crippen molar-refractivity contribution >= 4 is 17.7 Å². The number of nitro benzene ring substituents is 1. The van der Waals surface area contributed by atoms with E-state index < -0.39 is 4.92 Å². The lowest BCUT2D eigenvalue weighted by molar-refractivity contribution is -0.385. The number of nitrogens with one attached hydrogen (secondary N) is 1. The lowest BCUT2D eigenvalue weighted by Gasteiger charge is -2.08. The van der Waals surface area contributed by atoms with Gasteiger partial charge in [-0.25, -0.2) is 0 Å². The summed E-state index contributed by atoms with van der Waals surface area (Å²) in [4.78, 5) is 22.7. The molecule has 0 spiro atoms. The lowest BCUT2D eigenvalue weighted by Crippen LogP contribution is -2.20. The van der Waals surface area contributed by atoms with Gasteiger partial charge in [0.25, 0.3) is 5.69 Å². The Labute approximate surface area is 168 Å². The van der Waals surface area contributed by atoms with E-state index in [0.29, 0.717) is 18.7 Å². The van der Waals surface area contributed by atoms with Gasteiger partial charge in [-0.3, -0.25) is 19.6 Å². The third-order valence-electron chi connectivity index (χ3n) is 4.44. The molecule has 0 aliphatic heterocycles. The number of hydrogen-bond donors (Lipinski definition) is 1. The highest BCUT2D eigenvalue weighted by molar-refractivity contribution is 5.92. The molecule has 0 radical (unpaired) electrons. The van der Waals surface area contributed by atoms with Gasteiger partial charge < -0.3 is 5.32 Å². The van der Waals surface area contributed by atoms with E-state index in [1.807, 2.05) is 48.9 Å². The minimum atomic E-state index is -0.466. The molecule has 0 saturated carbocycles. The maximum Gasteiger partial charge on any atom is 0.276 e. The van der Waals surface area contributed by atoms with Crippen LogP contribution in [-0.2, 0) is 17.9 Å². The molecule has 1 aromatic heterocycles. The number of nitro groups is 1. The van der Waals surface area contributed by atoms with E-state index in [1.54, 1.807) is 18.2 Å². The monoisotopic (exact) mass is 390 g/mol. The summed E-state index contributed by atoms with van der Waals surface area (Å²) in [7, 11) is 0. The van der Waals surface area contributed by atoms with Gasteiger partial charge in [0.15, 0.2) is 0 Å². The van der Waals surface area contributed by atoms with E-state index in [1.165, 1.54) is 18.2 Å². The molecule has 0 unspecified atom stereocenters. The van der Waals surface area contributed by atoms with Crippen molar-refractivity contribution in [2.75, 3.05) is 0 Å². The van der Waals surface area contributed by atoms with Gasteiger partial charge in [-0.1, -0.05) is 36.4 Å². The molecule has 7 heteroatoms. The number of para-hydroxylation sites is 1. The summed E-state index contributed by atoms with van der Waals surface area (Å²) in [6.07, 6.45) is 2.76. The summed E-state index contributed by atoms with van der Waals surface area (Å²) < 4.78 is 1.95. The number of amides is 1. The molecule has 1 amide bonds. The molecule has 0 atom stereocenters. The zero-order valence-corrected chi connectivity index (χ0v) is 16.3. The average Bonchev–Trinajstić information content (AvgIpc) is 3.02. The van der Waals surface area contributed by atoms with Gasteiger partial charge in [0.1, 0.15) is 0 Å². The molecular formula is C22H22N4O3. The average molecular weight is 390 g/mol. The molecule has 148 valence electrons. The first-order chi connectivity index (χ1) is 13.9. The molecule has 1 N–H and O–H groups in total. The van der Waals surface area contributed by atoms with Crippen molar-refractivity contribution in [3.05, 3.63) is 98.9 Å². The van der Waals surface area contributed by atoms with Gasteiger partial charge in [0.2, 0.25) is 5.91 Å². The number of carbonyl (C=O) groups excluding carboxylic acids is 1. The van der Waals surface area contributed by atoms with Crippen LogP contribution in [0.1, 0.15) is 28.1 Å². The summed E-state index contributed by atoms with van der Waals surface area (Å²) in [5.41, 5.74) is 4.50. The summed E-state index contributed by atoms with van der Waals surface area (Å²) in [6, 6.07) is 16.3. The largest absolute Gasteiger partial charge is 0.348 e. The van der Waals surface area contributed by atoms with E-state index in [4.69, 9.17) is 0 Å². The van der Waals surface area contributed by atoms with Crippen LogP contribution in [-0.4, -0.2) is 20.6 Å². The Balaban J connectivity index is 1.61. The first-order valence-corrected chi connectivity index (χ1v) is 9.20. The zero-order valence-electron chi connectivity index (χ0n) is 16.3. The van der Waals surface area contributed by atoms with Crippen LogP contribution >= 0.6 is 0 Å². The number of aryl methyl sites for hydroxylation is 2. The highest BCUT2D eigenvalue weighted by atomic mass is 16.6. The molecule has 2 aromatic carbocycles. The molecule has 3 rings (SSSR count). The van der Waals surface area contributed by atoms with E-state index in [9.17, 15) is 14.9 Å². The van der Waals surface area contributed by atoms with Crippen molar-refractivity contribution in [2.24, 2.45) is 0 Å². The molecule has 0 aliphatic carbocycles. The van der Waals surface area contributed by atoms with E-state index in [-0.39, 0.29) is 11.6 Å². The fourth-order valence-electron chi connectivity index (χ4n) is 3.05. The molecule has 29 heavy (non-hydrogen) atoms. The van der Waals surface area contributed by atoms with Crippen molar-refractivity contribution in [3.63, 3.8) is 0 Å². The first kappa shape index (κ1) is 20.0. The third-order valence-corrected chi connectivity index (χ3v) is 4.44. The number of aromatic nitrogens is 2. The van der Waals surface area contributed by atoms with Crippen LogP contribution in [0.3, 0.4) is 0 Å². The normalized spacial score (nSPS) is 11.0. The van der Waals surface area contributed by atoms with Gasteiger partial charge in [-0.05, 0) is 43.2 Å². The quantitative estimate of drug-likeness (QED) is 0.378. The Morgan fingerprint density at radius 3 is 2.62 bits per heavy atom. The maximum absolute atomic E-state index is 12.1. The van der Waals surface area contributed by atoms with Gasteiger partial charge in [0.05, 0.1) is 22.7 Å². The van der Waals surface area contributed by atoms with Gasteiger partial charge in [-0.2, -0.15) is 5.10 Å². The molecular weight excluding hydrogens is 368 g/mol. The van der Waals surface area contributed by atoms with Crippen molar-refractivity contribution in [1.82, 2.24) is 15.1 Å². The predicted octanol–water partition coefficient (Wildman–Crippen LogP) is 3.79. The Bertz CT molecular complexity index is 1070. The number of benzene rings is 2. The summed E-state index contributed by atoms with van der Waals surface area (Å²) in [5, 5.41) is 18.3. The van der Waals surface area contributed by atoms with Gasteiger partial charge >= 0.3 is 0 Å².